The van der Waals surface area contributed by atoms with Gasteiger partial charge in [0, 0.05) is 18.3 Å². The second-order valence-electron chi connectivity index (χ2n) is 4.90. The van der Waals surface area contributed by atoms with Crippen LogP contribution in [0.4, 0.5) is 0 Å². The van der Waals surface area contributed by atoms with E-state index in [9.17, 15) is 5.11 Å². The van der Waals surface area contributed by atoms with Crippen molar-refractivity contribution in [1.82, 2.24) is 5.32 Å². The molecule has 0 heterocycles. The highest BCUT2D eigenvalue weighted by Gasteiger charge is 2.19. The fraction of sp³-hybridized carbons (Fsp3) is 0.571. The van der Waals surface area contributed by atoms with Crippen molar-refractivity contribution in [3.05, 3.63) is 35.9 Å². The van der Waals surface area contributed by atoms with E-state index in [0.717, 1.165) is 12.2 Å². The van der Waals surface area contributed by atoms with Gasteiger partial charge >= 0.3 is 0 Å². The molecule has 1 aromatic rings. The van der Waals surface area contributed by atoms with Gasteiger partial charge in [-0.3, -0.25) is 0 Å². The van der Waals surface area contributed by atoms with Crippen molar-refractivity contribution in [2.24, 2.45) is 0 Å². The first-order chi connectivity index (χ1) is 8.03. The van der Waals surface area contributed by atoms with Crippen LogP contribution in [0.1, 0.15) is 19.4 Å². The van der Waals surface area contributed by atoms with Crippen molar-refractivity contribution in [3.63, 3.8) is 0 Å². The second kappa shape index (κ2) is 7.04. The zero-order chi connectivity index (χ0) is 12.7. The normalized spacial score (nSPS) is 16.5. The molecular weight excluding hydrogens is 230 g/mol. The van der Waals surface area contributed by atoms with Gasteiger partial charge in [0.2, 0.25) is 0 Å². The summed E-state index contributed by atoms with van der Waals surface area (Å²) in [5.74, 6) is 0.762. The van der Waals surface area contributed by atoms with Gasteiger partial charge in [-0.1, -0.05) is 30.3 Å². The van der Waals surface area contributed by atoms with E-state index < -0.39 is 5.60 Å². The molecule has 2 nitrogen and oxygen atoms in total. The summed E-state index contributed by atoms with van der Waals surface area (Å²) in [6, 6.07) is 10.8. The summed E-state index contributed by atoms with van der Waals surface area (Å²) < 4.78 is 0. The minimum atomic E-state index is -0.621. The molecule has 0 spiro atoms. The van der Waals surface area contributed by atoms with Crippen LogP contribution in [0.3, 0.4) is 0 Å². The van der Waals surface area contributed by atoms with Crippen molar-refractivity contribution in [3.8, 4) is 0 Å². The maximum Gasteiger partial charge on any atom is 0.0833 e. The fourth-order valence-corrected chi connectivity index (χ4v) is 2.52. The number of hydrogen-bond donors (Lipinski definition) is 2. The van der Waals surface area contributed by atoms with Gasteiger partial charge in [-0.05, 0) is 32.1 Å². The number of thioether (sulfide) groups is 1. The van der Waals surface area contributed by atoms with E-state index in [4.69, 9.17) is 0 Å². The van der Waals surface area contributed by atoms with Gasteiger partial charge in [0.1, 0.15) is 0 Å². The Bertz CT molecular complexity index is 313. The molecule has 0 aliphatic rings. The number of aliphatic hydroxyl groups is 1. The first kappa shape index (κ1) is 14.6. The van der Waals surface area contributed by atoms with E-state index in [1.165, 1.54) is 5.56 Å². The smallest absolute Gasteiger partial charge is 0.0833 e. The molecule has 2 atom stereocenters. The Morgan fingerprint density at radius 1 is 1.35 bits per heavy atom. The Balaban J connectivity index is 2.33. The lowest BCUT2D eigenvalue weighted by atomic mass is 10.1. The molecule has 0 bridgehead atoms. The van der Waals surface area contributed by atoms with Crippen LogP contribution in [0.2, 0.25) is 0 Å². The summed E-state index contributed by atoms with van der Waals surface area (Å²) >= 11 is 1.67. The van der Waals surface area contributed by atoms with Gasteiger partial charge in [0.15, 0.2) is 0 Å². The maximum atomic E-state index is 10.0. The standard InChI is InChI=1S/C14H23NOS/c1-12(9-13-7-5-4-6-8-13)15-10-14(2,16)11-17-3/h4-8,12,15-16H,9-11H2,1-3H3. The van der Waals surface area contributed by atoms with Gasteiger partial charge in [-0.25, -0.2) is 0 Å². The Morgan fingerprint density at radius 2 is 2.00 bits per heavy atom. The lowest BCUT2D eigenvalue weighted by Gasteiger charge is -2.25. The van der Waals surface area contributed by atoms with Crippen molar-refractivity contribution in [2.75, 3.05) is 18.6 Å². The molecule has 0 fully saturated rings. The van der Waals surface area contributed by atoms with E-state index in [2.05, 4.69) is 36.5 Å². The quantitative estimate of drug-likeness (QED) is 0.782. The first-order valence-electron chi connectivity index (χ1n) is 6.02. The SMILES string of the molecule is CSCC(C)(O)CNC(C)Cc1ccccc1. The molecule has 0 radical (unpaired) electrons. The molecule has 0 aliphatic carbocycles. The van der Waals surface area contributed by atoms with Gasteiger partial charge < -0.3 is 10.4 Å². The molecule has 1 aromatic carbocycles. The highest BCUT2D eigenvalue weighted by molar-refractivity contribution is 7.98. The third kappa shape index (κ3) is 6.10. The van der Waals surface area contributed by atoms with Crippen LogP contribution in [0, 0.1) is 0 Å². The second-order valence-corrected chi connectivity index (χ2v) is 5.77. The third-order valence-electron chi connectivity index (χ3n) is 2.67. The minimum Gasteiger partial charge on any atom is -0.388 e. The van der Waals surface area contributed by atoms with Crippen molar-refractivity contribution in [1.29, 1.82) is 0 Å². The van der Waals surface area contributed by atoms with Crippen LogP contribution >= 0.6 is 11.8 Å². The summed E-state index contributed by atoms with van der Waals surface area (Å²) in [5.41, 5.74) is 0.710. The molecule has 0 saturated heterocycles. The lowest BCUT2D eigenvalue weighted by Crippen LogP contribution is -2.43. The first-order valence-corrected chi connectivity index (χ1v) is 7.41. The number of benzene rings is 1. The van der Waals surface area contributed by atoms with E-state index in [0.29, 0.717) is 12.6 Å². The monoisotopic (exact) mass is 253 g/mol. The van der Waals surface area contributed by atoms with Crippen LogP contribution in [0.15, 0.2) is 30.3 Å². The number of rotatable bonds is 7. The highest BCUT2D eigenvalue weighted by atomic mass is 32.2. The molecule has 0 saturated carbocycles. The zero-order valence-corrected chi connectivity index (χ0v) is 11.8. The van der Waals surface area contributed by atoms with Crippen LogP contribution in [0.5, 0.6) is 0 Å². The Labute approximate surface area is 109 Å². The van der Waals surface area contributed by atoms with Gasteiger partial charge in [-0.15, -0.1) is 0 Å². The Kier molecular flexibility index (Phi) is 6.03. The molecule has 2 unspecified atom stereocenters. The molecule has 3 heteroatoms. The van der Waals surface area contributed by atoms with Crippen LogP contribution in [0.25, 0.3) is 0 Å². The van der Waals surface area contributed by atoms with Crippen LogP contribution in [-0.2, 0) is 6.42 Å². The molecule has 0 amide bonds. The lowest BCUT2D eigenvalue weighted by molar-refractivity contribution is 0.0820. The van der Waals surface area contributed by atoms with Crippen LogP contribution < -0.4 is 5.32 Å². The van der Waals surface area contributed by atoms with E-state index in [-0.39, 0.29) is 0 Å². The summed E-state index contributed by atoms with van der Waals surface area (Å²) in [5, 5.41) is 13.4. The molecule has 17 heavy (non-hydrogen) atoms. The van der Waals surface area contributed by atoms with Crippen molar-refractivity contribution in [2.45, 2.75) is 31.9 Å². The predicted molar refractivity (Wildman–Crippen MR) is 76.6 cm³/mol. The number of hydrogen-bond acceptors (Lipinski definition) is 3. The van der Waals surface area contributed by atoms with Crippen molar-refractivity contribution >= 4 is 11.8 Å². The third-order valence-corrected chi connectivity index (χ3v) is 3.58. The molecular formula is C14H23NOS. The predicted octanol–water partition coefficient (Wildman–Crippen LogP) is 2.32. The summed E-state index contributed by atoms with van der Waals surface area (Å²) in [6.45, 7) is 4.68. The summed E-state index contributed by atoms with van der Waals surface area (Å²) in [7, 11) is 0. The topological polar surface area (TPSA) is 32.3 Å². The van der Waals surface area contributed by atoms with Crippen molar-refractivity contribution < 1.29 is 5.11 Å². The molecule has 0 aromatic heterocycles. The molecule has 0 aliphatic heterocycles. The maximum absolute atomic E-state index is 10.0. The molecule has 2 N–H and O–H groups in total. The van der Waals surface area contributed by atoms with E-state index in [1.54, 1.807) is 11.8 Å². The van der Waals surface area contributed by atoms with Gasteiger partial charge in [0.05, 0.1) is 5.60 Å². The minimum absolute atomic E-state index is 0.380. The zero-order valence-electron chi connectivity index (χ0n) is 10.9. The highest BCUT2D eigenvalue weighted by Crippen LogP contribution is 2.10. The van der Waals surface area contributed by atoms with Gasteiger partial charge in [-0.2, -0.15) is 11.8 Å². The molecule has 96 valence electrons. The average Bonchev–Trinajstić information content (AvgIpc) is 2.28. The summed E-state index contributed by atoms with van der Waals surface area (Å²) in [6.07, 6.45) is 3.01. The fourth-order valence-electron chi connectivity index (χ4n) is 1.80. The van der Waals surface area contributed by atoms with E-state index >= 15 is 0 Å². The van der Waals surface area contributed by atoms with E-state index in [1.807, 2.05) is 19.2 Å². The average molecular weight is 253 g/mol. The Morgan fingerprint density at radius 3 is 2.59 bits per heavy atom. The molecule has 1 rings (SSSR count). The number of nitrogens with one attached hydrogen (secondary N) is 1. The largest absolute Gasteiger partial charge is 0.388 e. The van der Waals surface area contributed by atoms with Gasteiger partial charge in [0.25, 0.3) is 0 Å². The Hall–Kier alpha value is -0.510. The van der Waals surface area contributed by atoms with Crippen LogP contribution in [-0.4, -0.2) is 35.3 Å². The summed E-state index contributed by atoms with van der Waals surface area (Å²) in [4.78, 5) is 0.